The van der Waals surface area contributed by atoms with E-state index in [1.54, 1.807) is 0 Å². The standard InChI is InChI=1S/C11H27N3Si/c1-9(2,3)14-11(15)8-6-7-10(11,12-4)13-5/h12-14H,6-8H2,1-5,15H3. The molecule has 1 atom stereocenters. The molecule has 4 heteroatoms. The summed E-state index contributed by atoms with van der Waals surface area (Å²) in [4.78, 5) is 0. The van der Waals surface area contributed by atoms with Crippen molar-refractivity contribution in [3.8, 4) is 0 Å². The van der Waals surface area contributed by atoms with Crippen molar-refractivity contribution in [2.45, 2.75) is 56.4 Å². The molecule has 0 bridgehead atoms. The topological polar surface area (TPSA) is 36.1 Å². The van der Waals surface area contributed by atoms with E-state index in [0.717, 1.165) is 10.2 Å². The maximum absolute atomic E-state index is 3.82. The van der Waals surface area contributed by atoms with Gasteiger partial charge in [0.1, 0.15) is 0 Å². The Morgan fingerprint density at radius 2 is 1.60 bits per heavy atom. The lowest BCUT2D eigenvalue weighted by molar-refractivity contribution is 0.174. The summed E-state index contributed by atoms with van der Waals surface area (Å²) in [5.41, 5.74) is 0.275. The first kappa shape index (κ1) is 13.2. The highest BCUT2D eigenvalue weighted by Gasteiger charge is 2.50. The molecule has 3 nitrogen and oxygen atoms in total. The molecule has 0 radical (unpaired) electrons. The van der Waals surface area contributed by atoms with Crippen LogP contribution in [-0.4, -0.2) is 40.7 Å². The average Bonchev–Trinajstić information content (AvgIpc) is 2.39. The minimum absolute atomic E-state index is 0.0898. The lowest BCUT2D eigenvalue weighted by Gasteiger charge is -2.48. The molecular weight excluding hydrogens is 202 g/mol. The lowest BCUT2D eigenvalue weighted by atomic mass is 9.98. The van der Waals surface area contributed by atoms with Crippen LogP contribution in [0.15, 0.2) is 0 Å². The van der Waals surface area contributed by atoms with E-state index in [4.69, 9.17) is 0 Å². The maximum Gasteiger partial charge on any atom is 0.0830 e. The van der Waals surface area contributed by atoms with Gasteiger partial charge in [-0.2, -0.15) is 0 Å². The molecule has 1 aliphatic rings. The third-order valence-electron chi connectivity index (χ3n) is 3.67. The van der Waals surface area contributed by atoms with Crippen LogP contribution in [0.1, 0.15) is 40.0 Å². The van der Waals surface area contributed by atoms with E-state index in [9.17, 15) is 0 Å². The average molecular weight is 229 g/mol. The van der Waals surface area contributed by atoms with Gasteiger partial charge in [0.2, 0.25) is 0 Å². The summed E-state index contributed by atoms with van der Waals surface area (Å²) in [6, 6.07) is 0. The first-order valence-electron chi connectivity index (χ1n) is 5.96. The summed E-state index contributed by atoms with van der Waals surface area (Å²) < 4.78 is 0. The number of nitrogens with one attached hydrogen (secondary N) is 3. The predicted molar refractivity (Wildman–Crippen MR) is 70.3 cm³/mol. The van der Waals surface area contributed by atoms with Crippen molar-refractivity contribution in [1.29, 1.82) is 0 Å². The third-order valence-corrected chi connectivity index (χ3v) is 5.28. The second kappa shape index (κ2) is 4.16. The van der Waals surface area contributed by atoms with Gasteiger partial charge in [-0.15, -0.1) is 0 Å². The van der Waals surface area contributed by atoms with Crippen LogP contribution in [0.3, 0.4) is 0 Å². The van der Waals surface area contributed by atoms with Crippen LogP contribution >= 0.6 is 0 Å². The summed E-state index contributed by atoms with van der Waals surface area (Å²) in [6.45, 7) is 6.75. The molecule has 0 aromatic carbocycles. The minimum atomic E-state index is 0.0898. The van der Waals surface area contributed by atoms with E-state index in [1.807, 2.05) is 0 Å². The fourth-order valence-electron chi connectivity index (χ4n) is 3.12. The second-order valence-electron chi connectivity index (χ2n) is 5.97. The van der Waals surface area contributed by atoms with Gasteiger partial charge >= 0.3 is 0 Å². The highest BCUT2D eigenvalue weighted by Crippen LogP contribution is 2.36. The van der Waals surface area contributed by atoms with Crippen molar-refractivity contribution in [3.05, 3.63) is 0 Å². The molecule has 90 valence electrons. The summed E-state index contributed by atoms with van der Waals surface area (Å²) in [6.07, 6.45) is 3.79. The van der Waals surface area contributed by atoms with Gasteiger partial charge < -0.3 is 16.0 Å². The van der Waals surface area contributed by atoms with Crippen LogP contribution in [0.25, 0.3) is 0 Å². The Labute approximate surface area is 97.2 Å². The molecule has 0 saturated heterocycles. The molecule has 0 aliphatic heterocycles. The SMILES string of the molecule is CNC1(NC)CCCC1([SiH3])NC(C)(C)C. The van der Waals surface area contributed by atoms with E-state index in [1.165, 1.54) is 19.3 Å². The predicted octanol–water partition coefficient (Wildman–Crippen LogP) is -0.245. The Kier molecular flexibility index (Phi) is 3.65. The number of hydrogen-bond acceptors (Lipinski definition) is 3. The van der Waals surface area contributed by atoms with E-state index < -0.39 is 0 Å². The van der Waals surface area contributed by atoms with Crippen LogP contribution in [0.2, 0.25) is 0 Å². The van der Waals surface area contributed by atoms with Crippen LogP contribution in [0, 0.1) is 0 Å². The van der Waals surface area contributed by atoms with Crippen molar-refractivity contribution >= 4 is 10.2 Å². The fourth-order valence-corrected chi connectivity index (χ4v) is 4.97. The van der Waals surface area contributed by atoms with Gasteiger partial charge in [-0.1, -0.05) is 0 Å². The summed E-state index contributed by atoms with van der Waals surface area (Å²) >= 11 is 0. The van der Waals surface area contributed by atoms with Crippen LogP contribution in [0.5, 0.6) is 0 Å². The van der Waals surface area contributed by atoms with E-state index in [2.05, 4.69) is 50.8 Å². The largest absolute Gasteiger partial charge is 0.307 e. The van der Waals surface area contributed by atoms with Gasteiger partial charge in [0.25, 0.3) is 0 Å². The lowest BCUT2D eigenvalue weighted by Crippen LogP contribution is -2.74. The number of hydrogen-bond donors (Lipinski definition) is 3. The van der Waals surface area contributed by atoms with E-state index >= 15 is 0 Å². The van der Waals surface area contributed by atoms with Gasteiger partial charge in [0, 0.05) is 20.9 Å². The van der Waals surface area contributed by atoms with Gasteiger partial charge in [0.15, 0.2) is 0 Å². The van der Waals surface area contributed by atoms with E-state index in [0.29, 0.717) is 0 Å². The molecule has 1 fully saturated rings. The molecule has 1 unspecified atom stereocenters. The first-order valence-corrected chi connectivity index (χ1v) is 6.96. The van der Waals surface area contributed by atoms with E-state index in [-0.39, 0.29) is 16.4 Å². The zero-order valence-corrected chi connectivity index (χ0v) is 13.1. The minimum Gasteiger partial charge on any atom is -0.307 e. The molecule has 0 heterocycles. The molecule has 0 aromatic rings. The van der Waals surface area contributed by atoms with Gasteiger partial charge in [-0.05, 0) is 54.1 Å². The Balaban J connectivity index is 2.90. The first-order chi connectivity index (χ1) is 6.79. The zero-order valence-electron chi connectivity index (χ0n) is 11.1. The Bertz CT molecular complexity index is 220. The van der Waals surface area contributed by atoms with Crippen molar-refractivity contribution in [2.75, 3.05) is 14.1 Å². The number of rotatable bonds is 3. The van der Waals surface area contributed by atoms with Crippen molar-refractivity contribution in [1.82, 2.24) is 16.0 Å². The molecular formula is C11H27N3Si. The molecule has 3 N–H and O–H groups in total. The highest BCUT2D eigenvalue weighted by atomic mass is 28.1. The zero-order chi connectivity index (χ0) is 11.7. The molecule has 0 spiro atoms. The fraction of sp³-hybridized carbons (Fsp3) is 1.00. The highest BCUT2D eigenvalue weighted by molar-refractivity contribution is 6.16. The summed E-state index contributed by atoms with van der Waals surface area (Å²) in [5.74, 6) is 0. The third kappa shape index (κ3) is 2.44. The second-order valence-corrected chi connectivity index (χ2v) is 7.67. The Morgan fingerprint density at radius 3 is 2.00 bits per heavy atom. The molecule has 1 saturated carbocycles. The Morgan fingerprint density at radius 1 is 1.07 bits per heavy atom. The summed E-state index contributed by atoms with van der Waals surface area (Å²) in [5, 5.41) is 11.1. The quantitative estimate of drug-likeness (QED) is 0.462. The molecule has 0 aromatic heterocycles. The normalized spacial score (nSPS) is 31.0. The van der Waals surface area contributed by atoms with Crippen LogP contribution in [-0.2, 0) is 0 Å². The van der Waals surface area contributed by atoms with Crippen LogP contribution in [0.4, 0.5) is 0 Å². The molecule has 1 aliphatic carbocycles. The Hall–Kier alpha value is 0.0969. The van der Waals surface area contributed by atoms with Crippen molar-refractivity contribution in [3.63, 3.8) is 0 Å². The maximum atomic E-state index is 3.82. The van der Waals surface area contributed by atoms with Crippen LogP contribution < -0.4 is 16.0 Å². The van der Waals surface area contributed by atoms with Crippen molar-refractivity contribution < 1.29 is 0 Å². The smallest absolute Gasteiger partial charge is 0.0830 e. The molecule has 1 rings (SSSR count). The monoisotopic (exact) mass is 229 g/mol. The van der Waals surface area contributed by atoms with Gasteiger partial charge in [0.05, 0.1) is 5.66 Å². The number of likely N-dealkylation sites (N-methyl/N-ethyl adjacent to an activating group) is 2. The van der Waals surface area contributed by atoms with Crippen molar-refractivity contribution in [2.24, 2.45) is 0 Å². The molecule has 0 amide bonds. The molecule has 15 heavy (non-hydrogen) atoms. The summed E-state index contributed by atoms with van der Waals surface area (Å²) in [7, 11) is 5.29. The van der Waals surface area contributed by atoms with Gasteiger partial charge in [-0.25, -0.2) is 0 Å². The van der Waals surface area contributed by atoms with Gasteiger partial charge in [-0.3, -0.25) is 0 Å².